The average molecular weight is 262 g/mol. The number of ketones is 1. The van der Waals surface area contributed by atoms with Gasteiger partial charge in [-0.15, -0.1) is 5.54 Å². The third-order valence-corrected chi connectivity index (χ3v) is 5.10. The minimum absolute atomic E-state index is 0.199. The molecule has 98 valence electrons. The van der Waals surface area contributed by atoms with E-state index in [1.54, 1.807) is 6.08 Å². The molecule has 2 aliphatic carbocycles. The van der Waals surface area contributed by atoms with Gasteiger partial charge in [-0.05, 0) is 25.3 Å². The molecule has 0 amide bonds. The van der Waals surface area contributed by atoms with Gasteiger partial charge in [0.15, 0.2) is 5.78 Å². The van der Waals surface area contributed by atoms with Gasteiger partial charge < -0.3 is 5.11 Å². The lowest BCUT2D eigenvalue weighted by Gasteiger charge is -2.39. The number of allylic oxidation sites excluding steroid dienone is 1. The Labute approximate surface area is 110 Å². The van der Waals surface area contributed by atoms with Crippen LogP contribution >= 0.6 is 0 Å². The molecule has 1 saturated carbocycles. The van der Waals surface area contributed by atoms with Crippen LogP contribution in [0.25, 0.3) is 0 Å². The topological polar surface area (TPSA) is 37.3 Å². The van der Waals surface area contributed by atoms with Crippen LogP contribution in [-0.4, -0.2) is 24.6 Å². The first-order chi connectivity index (χ1) is 8.16. The Hall–Kier alpha value is -0.853. The predicted octanol–water partition coefficient (Wildman–Crippen LogP) is 2.69. The van der Waals surface area contributed by atoms with Crippen LogP contribution in [0.2, 0.25) is 19.6 Å². The molecule has 1 N–H and O–H groups in total. The smallest absolute Gasteiger partial charge is 0.155 e. The van der Waals surface area contributed by atoms with Crippen molar-refractivity contribution >= 4 is 13.9 Å². The van der Waals surface area contributed by atoms with Crippen LogP contribution in [0.4, 0.5) is 0 Å². The number of rotatable bonds is 0. The van der Waals surface area contributed by atoms with E-state index in [-0.39, 0.29) is 11.2 Å². The third kappa shape index (κ3) is 2.20. The fourth-order valence-corrected chi connectivity index (χ4v) is 3.44. The van der Waals surface area contributed by atoms with E-state index < -0.39 is 13.7 Å². The van der Waals surface area contributed by atoms with Gasteiger partial charge in [0, 0.05) is 11.8 Å². The standard InChI is InChI=1S/C15H22O2Si/c1-14-7-6-13(16)11-12(14)5-8-15(14,17)9-10-18(2,3)4/h11,17H,5-8H2,1-4H3/t14?,15-/m1/s1. The van der Waals surface area contributed by atoms with Crippen molar-refractivity contribution in [2.45, 2.75) is 57.8 Å². The van der Waals surface area contributed by atoms with E-state index in [4.69, 9.17) is 0 Å². The number of hydrogen-bond donors (Lipinski definition) is 1. The van der Waals surface area contributed by atoms with Crippen molar-refractivity contribution in [3.05, 3.63) is 11.6 Å². The number of hydrogen-bond acceptors (Lipinski definition) is 2. The van der Waals surface area contributed by atoms with Crippen LogP contribution in [-0.2, 0) is 4.79 Å². The highest BCUT2D eigenvalue weighted by atomic mass is 28.3. The molecule has 0 aromatic carbocycles. The fourth-order valence-electron chi connectivity index (χ4n) is 2.86. The summed E-state index contributed by atoms with van der Waals surface area (Å²) in [7, 11) is -1.48. The van der Waals surface area contributed by atoms with Gasteiger partial charge in [-0.2, -0.15) is 0 Å². The fraction of sp³-hybridized carbons (Fsp3) is 0.667. The molecule has 2 nitrogen and oxygen atoms in total. The lowest BCUT2D eigenvalue weighted by atomic mass is 9.68. The van der Waals surface area contributed by atoms with Crippen LogP contribution in [0.5, 0.6) is 0 Å². The molecule has 1 unspecified atom stereocenters. The normalized spacial score (nSPS) is 35.6. The van der Waals surface area contributed by atoms with Crippen molar-refractivity contribution in [1.82, 2.24) is 0 Å². The summed E-state index contributed by atoms with van der Waals surface area (Å²) in [5.41, 5.74) is 3.16. The lowest BCUT2D eigenvalue weighted by molar-refractivity contribution is -0.116. The molecule has 1 fully saturated rings. The average Bonchev–Trinajstić information content (AvgIpc) is 2.50. The van der Waals surface area contributed by atoms with Gasteiger partial charge in [-0.3, -0.25) is 4.79 Å². The summed E-state index contributed by atoms with van der Waals surface area (Å²) in [5, 5.41) is 10.9. The number of carbonyl (C=O) groups is 1. The van der Waals surface area contributed by atoms with Gasteiger partial charge in [-0.25, -0.2) is 0 Å². The molecule has 0 aromatic rings. The molecule has 3 heteroatoms. The Kier molecular flexibility index (Phi) is 3.07. The van der Waals surface area contributed by atoms with E-state index in [2.05, 4.69) is 38.0 Å². The molecule has 2 aliphatic rings. The summed E-state index contributed by atoms with van der Waals surface area (Å²) in [5.74, 6) is 3.37. The Morgan fingerprint density at radius 2 is 1.94 bits per heavy atom. The van der Waals surface area contributed by atoms with Gasteiger partial charge in [0.1, 0.15) is 13.7 Å². The van der Waals surface area contributed by atoms with Crippen LogP contribution in [0.15, 0.2) is 11.6 Å². The molecule has 0 bridgehead atoms. The second-order valence-corrected chi connectivity index (χ2v) is 11.6. The first-order valence-electron chi connectivity index (χ1n) is 6.67. The second-order valence-electron chi connectivity index (χ2n) is 6.83. The highest BCUT2D eigenvalue weighted by Crippen LogP contribution is 2.54. The summed E-state index contributed by atoms with van der Waals surface area (Å²) in [6.07, 6.45) is 4.49. The Morgan fingerprint density at radius 3 is 2.56 bits per heavy atom. The van der Waals surface area contributed by atoms with Crippen molar-refractivity contribution in [2.75, 3.05) is 0 Å². The molecule has 0 radical (unpaired) electrons. The van der Waals surface area contributed by atoms with Crippen LogP contribution in [0, 0.1) is 16.9 Å². The van der Waals surface area contributed by atoms with Crippen molar-refractivity contribution in [3.63, 3.8) is 0 Å². The summed E-state index contributed by atoms with van der Waals surface area (Å²) in [6, 6.07) is 0. The monoisotopic (exact) mass is 262 g/mol. The van der Waals surface area contributed by atoms with E-state index in [1.165, 1.54) is 0 Å². The van der Waals surface area contributed by atoms with Crippen LogP contribution < -0.4 is 0 Å². The van der Waals surface area contributed by atoms with Crippen LogP contribution in [0.1, 0.15) is 32.6 Å². The minimum atomic E-state index is -1.48. The quantitative estimate of drug-likeness (QED) is 0.538. The molecule has 18 heavy (non-hydrogen) atoms. The molecule has 2 rings (SSSR count). The molecular formula is C15H22O2Si. The van der Waals surface area contributed by atoms with E-state index >= 15 is 0 Å². The number of aliphatic hydroxyl groups is 1. The molecule has 0 spiro atoms. The van der Waals surface area contributed by atoms with Gasteiger partial charge in [0.25, 0.3) is 0 Å². The van der Waals surface area contributed by atoms with E-state index in [0.29, 0.717) is 12.8 Å². The van der Waals surface area contributed by atoms with Gasteiger partial charge in [0.2, 0.25) is 0 Å². The highest BCUT2D eigenvalue weighted by Gasteiger charge is 2.54. The molecule has 0 saturated heterocycles. The predicted molar refractivity (Wildman–Crippen MR) is 75.7 cm³/mol. The van der Waals surface area contributed by atoms with Gasteiger partial charge >= 0.3 is 0 Å². The maximum absolute atomic E-state index is 11.5. The minimum Gasteiger partial charge on any atom is -0.377 e. The van der Waals surface area contributed by atoms with Crippen molar-refractivity contribution in [3.8, 4) is 11.5 Å². The van der Waals surface area contributed by atoms with Gasteiger partial charge in [0.05, 0.1) is 0 Å². The molecular weight excluding hydrogens is 240 g/mol. The Morgan fingerprint density at radius 1 is 1.28 bits per heavy atom. The first kappa shape index (κ1) is 13.6. The summed E-state index contributed by atoms with van der Waals surface area (Å²) in [6.45, 7) is 8.61. The number of carbonyl (C=O) groups excluding carboxylic acids is 1. The summed E-state index contributed by atoms with van der Waals surface area (Å²) >= 11 is 0. The maximum atomic E-state index is 11.5. The lowest BCUT2D eigenvalue weighted by Crippen LogP contribution is -2.43. The molecule has 2 atom stereocenters. The Balaban J connectivity index is 2.39. The van der Waals surface area contributed by atoms with Crippen molar-refractivity contribution < 1.29 is 9.90 Å². The first-order valence-corrected chi connectivity index (χ1v) is 10.2. The number of fused-ring (bicyclic) bond motifs is 1. The zero-order valence-corrected chi connectivity index (χ0v) is 12.8. The highest BCUT2D eigenvalue weighted by molar-refractivity contribution is 6.83. The maximum Gasteiger partial charge on any atom is 0.155 e. The van der Waals surface area contributed by atoms with Crippen molar-refractivity contribution in [1.29, 1.82) is 0 Å². The zero-order chi connectivity index (χ0) is 13.6. The summed E-state index contributed by atoms with van der Waals surface area (Å²) < 4.78 is 0. The van der Waals surface area contributed by atoms with E-state index in [9.17, 15) is 9.90 Å². The molecule has 0 heterocycles. The van der Waals surface area contributed by atoms with Crippen molar-refractivity contribution in [2.24, 2.45) is 5.41 Å². The molecule has 0 aromatic heterocycles. The second kappa shape index (κ2) is 4.08. The van der Waals surface area contributed by atoms with E-state index in [1.807, 2.05) is 0 Å². The van der Waals surface area contributed by atoms with E-state index in [0.717, 1.165) is 18.4 Å². The largest absolute Gasteiger partial charge is 0.377 e. The molecule has 0 aliphatic heterocycles. The summed E-state index contributed by atoms with van der Waals surface area (Å²) in [4.78, 5) is 11.5. The Bertz CT molecular complexity index is 475. The van der Waals surface area contributed by atoms with Crippen LogP contribution in [0.3, 0.4) is 0 Å². The SMILES string of the molecule is CC12CCC(=O)C=C1CC[C@@]2(O)C#C[Si](C)(C)C. The third-order valence-electron chi connectivity index (χ3n) is 4.23. The zero-order valence-electron chi connectivity index (χ0n) is 11.8. The van der Waals surface area contributed by atoms with Gasteiger partial charge in [-0.1, -0.05) is 38.1 Å².